The molecule has 4 nitrogen and oxygen atoms in total. The average molecular weight is 250 g/mol. The molecule has 0 aliphatic heterocycles. The normalized spacial score (nSPS) is 11.4. The second-order valence-electron chi connectivity index (χ2n) is 4.76. The zero-order valence-electron chi connectivity index (χ0n) is 11.6. The monoisotopic (exact) mass is 250 g/mol. The Hall–Kier alpha value is -1.19. The molecule has 0 atom stereocenters. The van der Waals surface area contributed by atoms with Gasteiger partial charge >= 0.3 is 0 Å². The first kappa shape index (κ1) is 14.9. The van der Waals surface area contributed by atoms with E-state index in [1.54, 1.807) is 17.3 Å². The largest absolute Gasteiger partial charge is 0.208 e. The molecule has 1 aromatic heterocycles. The minimum atomic E-state index is 1.05. The van der Waals surface area contributed by atoms with Gasteiger partial charge in [-0.15, -0.1) is 10.2 Å². The second kappa shape index (κ2) is 10.9. The lowest BCUT2D eigenvalue weighted by Crippen LogP contribution is -1.86. The number of hydrogen-bond acceptors (Lipinski definition) is 3. The van der Waals surface area contributed by atoms with Gasteiger partial charge < -0.3 is 0 Å². The topological polar surface area (TPSA) is 43.1 Å². The van der Waals surface area contributed by atoms with E-state index in [4.69, 9.17) is 0 Å². The summed E-state index contributed by atoms with van der Waals surface area (Å²) in [6, 6.07) is 0. The van der Waals surface area contributed by atoms with Gasteiger partial charge in [0.05, 0.1) is 0 Å². The summed E-state index contributed by atoms with van der Waals surface area (Å²) in [5.41, 5.74) is 0. The number of unbranched alkanes of at least 4 members (excludes halogenated alkanes) is 9. The molecule has 0 aliphatic rings. The Morgan fingerprint density at radius 2 is 1.44 bits per heavy atom. The van der Waals surface area contributed by atoms with Crippen molar-refractivity contribution >= 4 is 6.21 Å². The van der Waals surface area contributed by atoms with Crippen molar-refractivity contribution in [2.75, 3.05) is 0 Å². The van der Waals surface area contributed by atoms with E-state index in [1.807, 2.05) is 6.21 Å². The molecule has 0 amide bonds. The third kappa shape index (κ3) is 7.98. The molecule has 102 valence electrons. The molecule has 0 unspecified atom stereocenters. The van der Waals surface area contributed by atoms with Crippen molar-refractivity contribution in [3.63, 3.8) is 0 Å². The summed E-state index contributed by atoms with van der Waals surface area (Å²) in [7, 11) is 0. The summed E-state index contributed by atoms with van der Waals surface area (Å²) in [6.45, 7) is 2.27. The molecule has 0 fully saturated rings. The van der Waals surface area contributed by atoms with E-state index in [0.717, 1.165) is 6.42 Å². The van der Waals surface area contributed by atoms with Crippen molar-refractivity contribution in [2.24, 2.45) is 5.10 Å². The zero-order chi connectivity index (χ0) is 12.9. The highest BCUT2D eigenvalue weighted by atomic mass is 15.4. The van der Waals surface area contributed by atoms with Crippen LogP contribution in [0, 0.1) is 0 Å². The van der Waals surface area contributed by atoms with Crippen molar-refractivity contribution in [1.29, 1.82) is 0 Å². The Balaban J connectivity index is 1.81. The van der Waals surface area contributed by atoms with Crippen LogP contribution in [0.4, 0.5) is 0 Å². The number of hydrogen-bond donors (Lipinski definition) is 0. The van der Waals surface area contributed by atoms with Crippen molar-refractivity contribution in [3.05, 3.63) is 12.7 Å². The van der Waals surface area contributed by atoms with Gasteiger partial charge in [0.1, 0.15) is 12.7 Å². The average Bonchev–Trinajstić information content (AvgIpc) is 2.89. The van der Waals surface area contributed by atoms with E-state index >= 15 is 0 Å². The van der Waals surface area contributed by atoms with Gasteiger partial charge in [0.25, 0.3) is 0 Å². The van der Waals surface area contributed by atoms with Crippen LogP contribution in [0.5, 0.6) is 0 Å². The predicted molar refractivity (Wildman–Crippen MR) is 75.8 cm³/mol. The summed E-state index contributed by atoms with van der Waals surface area (Å²) in [4.78, 5) is 0. The zero-order valence-corrected chi connectivity index (χ0v) is 11.6. The number of rotatable bonds is 11. The van der Waals surface area contributed by atoms with E-state index in [-0.39, 0.29) is 0 Å². The van der Waals surface area contributed by atoms with Gasteiger partial charge in [-0.1, -0.05) is 58.3 Å². The molecule has 0 aliphatic carbocycles. The number of aromatic nitrogens is 3. The molecular formula is C14H26N4. The van der Waals surface area contributed by atoms with Gasteiger partial charge in [0.2, 0.25) is 0 Å². The van der Waals surface area contributed by atoms with Crippen molar-refractivity contribution in [2.45, 2.75) is 71.1 Å². The molecule has 0 aromatic carbocycles. The quantitative estimate of drug-likeness (QED) is 0.439. The van der Waals surface area contributed by atoms with Crippen LogP contribution in [-0.4, -0.2) is 21.1 Å². The lowest BCUT2D eigenvalue weighted by atomic mass is 10.1. The minimum absolute atomic E-state index is 1.05. The highest BCUT2D eigenvalue weighted by Gasteiger charge is 1.91. The van der Waals surface area contributed by atoms with Crippen LogP contribution in [0.3, 0.4) is 0 Å². The third-order valence-electron chi connectivity index (χ3n) is 3.06. The fourth-order valence-corrected chi connectivity index (χ4v) is 1.95. The highest BCUT2D eigenvalue weighted by Crippen LogP contribution is 2.09. The maximum atomic E-state index is 4.20. The first-order valence-corrected chi connectivity index (χ1v) is 7.31. The second-order valence-corrected chi connectivity index (χ2v) is 4.76. The maximum absolute atomic E-state index is 4.20. The van der Waals surface area contributed by atoms with Gasteiger partial charge in [-0.05, 0) is 12.8 Å². The third-order valence-corrected chi connectivity index (χ3v) is 3.06. The molecular weight excluding hydrogens is 224 g/mol. The van der Waals surface area contributed by atoms with Crippen LogP contribution in [0.15, 0.2) is 17.8 Å². The van der Waals surface area contributed by atoms with Crippen LogP contribution in [-0.2, 0) is 0 Å². The number of nitrogens with zero attached hydrogens (tertiary/aromatic N) is 4. The van der Waals surface area contributed by atoms with E-state index < -0.39 is 0 Å². The molecule has 1 heterocycles. The molecule has 0 radical (unpaired) electrons. The van der Waals surface area contributed by atoms with Gasteiger partial charge in [-0.25, -0.2) is 4.68 Å². The lowest BCUT2D eigenvalue weighted by molar-refractivity contribution is 0.568. The summed E-state index contributed by atoms with van der Waals surface area (Å²) >= 11 is 0. The first-order valence-electron chi connectivity index (χ1n) is 7.31. The summed E-state index contributed by atoms with van der Waals surface area (Å²) in [5, 5.41) is 11.6. The Morgan fingerprint density at radius 1 is 0.889 bits per heavy atom. The fourth-order valence-electron chi connectivity index (χ4n) is 1.95. The summed E-state index contributed by atoms with van der Waals surface area (Å²) in [5.74, 6) is 0. The standard InChI is InChI=1S/C14H26N4/c1-2-3-4-5-6-7-8-9-10-11-12-17-18-13-15-16-14-18/h12-14H,2-11H2,1H3. The Morgan fingerprint density at radius 3 is 2.06 bits per heavy atom. The molecule has 4 heteroatoms. The Kier molecular flexibility index (Phi) is 9.03. The molecule has 0 spiro atoms. The SMILES string of the molecule is CCCCCCCCCCCC=Nn1cnnc1. The Labute approximate surface area is 111 Å². The molecule has 18 heavy (non-hydrogen) atoms. The predicted octanol–water partition coefficient (Wildman–Crippen LogP) is 4.03. The van der Waals surface area contributed by atoms with Gasteiger partial charge in [0.15, 0.2) is 0 Å². The molecule has 0 saturated carbocycles. The van der Waals surface area contributed by atoms with Gasteiger partial charge in [-0.2, -0.15) is 5.10 Å². The van der Waals surface area contributed by atoms with Crippen LogP contribution in [0.25, 0.3) is 0 Å². The van der Waals surface area contributed by atoms with Crippen molar-refractivity contribution in [3.8, 4) is 0 Å². The van der Waals surface area contributed by atoms with E-state index in [1.165, 1.54) is 57.8 Å². The van der Waals surface area contributed by atoms with Crippen molar-refractivity contribution in [1.82, 2.24) is 14.9 Å². The first-order chi connectivity index (χ1) is 8.93. The maximum Gasteiger partial charge on any atom is 0.141 e. The van der Waals surface area contributed by atoms with E-state index in [9.17, 15) is 0 Å². The molecule has 0 N–H and O–H groups in total. The van der Waals surface area contributed by atoms with Gasteiger partial charge in [-0.3, -0.25) is 0 Å². The highest BCUT2D eigenvalue weighted by molar-refractivity contribution is 5.56. The smallest absolute Gasteiger partial charge is 0.141 e. The molecule has 1 rings (SSSR count). The van der Waals surface area contributed by atoms with E-state index in [0.29, 0.717) is 0 Å². The summed E-state index contributed by atoms with van der Waals surface area (Å²) in [6.07, 6.45) is 18.5. The molecule has 0 bridgehead atoms. The van der Waals surface area contributed by atoms with Crippen LogP contribution in [0.1, 0.15) is 71.1 Å². The fraction of sp³-hybridized carbons (Fsp3) is 0.786. The van der Waals surface area contributed by atoms with Crippen LogP contribution < -0.4 is 0 Å². The minimum Gasteiger partial charge on any atom is -0.208 e. The molecule has 0 saturated heterocycles. The van der Waals surface area contributed by atoms with Gasteiger partial charge in [0, 0.05) is 6.21 Å². The van der Waals surface area contributed by atoms with Crippen molar-refractivity contribution < 1.29 is 0 Å². The van der Waals surface area contributed by atoms with Crippen LogP contribution in [0.2, 0.25) is 0 Å². The Bertz CT molecular complexity index is 293. The van der Waals surface area contributed by atoms with E-state index in [2.05, 4.69) is 22.2 Å². The lowest BCUT2D eigenvalue weighted by Gasteiger charge is -2.00. The summed E-state index contributed by atoms with van der Waals surface area (Å²) < 4.78 is 1.63. The van der Waals surface area contributed by atoms with Crippen LogP contribution >= 0.6 is 0 Å². The molecule has 1 aromatic rings.